The van der Waals surface area contributed by atoms with Crippen molar-refractivity contribution in [3.63, 3.8) is 0 Å². The van der Waals surface area contributed by atoms with Crippen LogP contribution in [0.15, 0.2) is 0 Å². The summed E-state index contributed by atoms with van der Waals surface area (Å²) in [6, 6.07) is 1.09. The molecule has 0 aliphatic heterocycles. The van der Waals surface area contributed by atoms with Crippen LogP contribution < -0.4 is 16.4 Å². The van der Waals surface area contributed by atoms with Crippen LogP contribution in [0.25, 0.3) is 0 Å². The number of hydrogen-bond acceptors (Lipinski definition) is 5. The van der Waals surface area contributed by atoms with Gasteiger partial charge in [-0.1, -0.05) is 20.8 Å². The molecule has 0 amide bonds. The molecule has 25 heavy (non-hydrogen) atoms. The summed E-state index contributed by atoms with van der Waals surface area (Å²) in [4.78, 5) is 0. The normalized spacial score (nSPS) is 14.9. The molecule has 2 unspecified atom stereocenters. The van der Waals surface area contributed by atoms with Crippen LogP contribution in [0, 0.1) is 0 Å². The maximum atomic E-state index is 6.09. The van der Waals surface area contributed by atoms with Crippen LogP contribution in [-0.4, -0.2) is 56.6 Å². The molecule has 0 saturated carbocycles. The van der Waals surface area contributed by atoms with Gasteiger partial charge < -0.3 is 25.8 Å². The maximum Gasteiger partial charge on any atom is 0.0647 e. The molecule has 5 nitrogen and oxygen atoms in total. The van der Waals surface area contributed by atoms with Gasteiger partial charge in [-0.15, -0.1) is 0 Å². The van der Waals surface area contributed by atoms with Crippen LogP contribution >= 0.6 is 0 Å². The Hall–Kier alpha value is -0.200. The van der Waals surface area contributed by atoms with Crippen molar-refractivity contribution in [3.05, 3.63) is 0 Å². The lowest BCUT2D eigenvalue weighted by atomic mass is 10.0. The number of nitrogens with one attached hydrogen (secondary N) is 2. The minimum atomic E-state index is -0.116. The van der Waals surface area contributed by atoms with Crippen molar-refractivity contribution >= 4 is 0 Å². The Bertz CT molecular complexity index is 299. The van der Waals surface area contributed by atoms with Gasteiger partial charge in [0.05, 0.1) is 24.9 Å². The molecular formula is C20H45N3O2. The number of ether oxygens (including phenoxy) is 2. The topological polar surface area (TPSA) is 68.5 Å². The minimum absolute atomic E-state index is 0.0515. The highest BCUT2D eigenvalue weighted by atomic mass is 16.5. The number of nitrogens with two attached hydrogens (primary N) is 1. The molecule has 0 aliphatic carbocycles. The fraction of sp³-hybridized carbons (Fsp3) is 1.00. The van der Waals surface area contributed by atoms with Gasteiger partial charge in [0.15, 0.2) is 0 Å². The van der Waals surface area contributed by atoms with Crippen LogP contribution in [-0.2, 0) is 9.47 Å². The van der Waals surface area contributed by atoms with Gasteiger partial charge >= 0.3 is 0 Å². The summed E-state index contributed by atoms with van der Waals surface area (Å²) in [5, 5.41) is 6.91. The van der Waals surface area contributed by atoms with E-state index in [9.17, 15) is 0 Å². The summed E-state index contributed by atoms with van der Waals surface area (Å²) >= 11 is 0. The third kappa shape index (κ3) is 17.0. The molecule has 0 rings (SSSR count). The monoisotopic (exact) mass is 359 g/mol. The Morgan fingerprint density at radius 2 is 1.64 bits per heavy atom. The second kappa shape index (κ2) is 14.9. The second-order valence-electron chi connectivity index (χ2n) is 8.09. The number of hydrogen-bond donors (Lipinski definition) is 3. The molecule has 0 radical (unpaired) electrons. The zero-order chi connectivity index (χ0) is 19.1. The van der Waals surface area contributed by atoms with E-state index in [1.54, 1.807) is 0 Å². The van der Waals surface area contributed by atoms with Crippen molar-refractivity contribution in [1.82, 2.24) is 10.6 Å². The Labute approximate surface area is 156 Å². The highest BCUT2D eigenvalue weighted by Gasteiger charge is 2.19. The first-order chi connectivity index (χ1) is 11.8. The van der Waals surface area contributed by atoms with Crippen LogP contribution in [0.4, 0.5) is 0 Å². The van der Waals surface area contributed by atoms with E-state index in [1.165, 1.54) is 19.3 Å². The predicted octanol–water partition coefficient (Wildman–Crippen LogP) is 3.07. The Kier molecular flexibility index (Phi) is 14.8. The molecule has 0 fully saturated rings. The van der Waals surface area contributed by atoms with Gasteiger partial charge in [0.2, 0.25) is 0 Å². The van der Waals surface area contributed by atoms with Crippen LogP contribution in [0.1, 0.15) is 73.6 Å². The summed E-state index contributed by atoms with van der Waals surface area (Å²) in [5.41, 5.74) is 5.98. The zero-order valence-corrected chi connectivity index (χ0v) is 17.7. The maximum absolute atomic E-state index is 6.09. The summed E-state index contributed by atoms with van der Waals surface area (Å²) in [6.07, 6.45) is 5.62. The molecule has 0 bridgehead atoms. The molecule has 0 heterocycles. The largest absolute Gasteiger partial charge is 0.380 e. The van der Waals surface area contributed by atoms with E-state index in [-0.39, 0.29) is 11.6 Å². The molecule has 0 aromatic heterocycles. The van der Waals surface area contributed by atoms with Crippen molar-refractivity contribution in [2.75, 3.05) is 32.9 Å². The number of unbranched alkanes of at least 4 members (excludes halogenated alkanes) is 1. The van der Waals surface area contributed by atoms with Crippen molar-refractivity contribution < 1.29 is 9.47 Å². The van der Waals surface area contributed by atoms with Gasteiger partial charge in [0.25, 0.3) is 0 Å². The van der Waals surface area contributed by atoms with Gasteiger partial charge in [-0.05, 0) is 66.0 Å². The summed E-state index contributed by atoms with van der Waals surface area (Å²) in [7, 11) is 0. The van der Waals surface area contributed by atoms with E-state index in [0.29, 0.717) is 25.3 Å². The average molecular weight is 360 g/mol. The molecule has 2 atom stereocenters. The Morgan fingerprint density at radius 3 is 2.28 bits per heavy atom. The first-order valence-corrected chi connectivity index (χ1v) is 10.2. The van der Waals surface area contributed by atoms with E-state index in [4.69, 9.17) is 15.2 Å². The first kappa shape index (κ1) is 24.8. The minimum Gasteiger partial charge on any atom is -0.380 e. The number of rotatable bonds is 17. The van der Waals surface area contributed by atoms with E-state index < -0.39 is 0 Å². The third-order valence-electron chi connectivity index (χ3n) is 4.35. The molecule has 152 valence electrons. The molecule has 0 saturated heterocycles. The van der Waals surface area contributed by atoms with Gasteiger partial charge in [-0.2, -0.15) is 0 Å². The molecule has 4 N–H and O–H groups in total. The van der Waals surface area contributed by atoms with Crippen molar-refractivity contribution in [1.29, 1.82) is 0 Å². The van der Waals surface area contributed by atoms with Gasteiger partial charge in [-0.25, -0.2) is 0 Å². The summed E-state index contributed by atoms with van der Waals surface area (Å²) in [5.74, 6) is 0. The lowest BCUT2D eigenvalue weighted by Gasteiger charge is -2.27. The fourth-order valence-corrected chi connectivity index (χ4v) is 2.42. The van der Waals surface area contributed by atoms with Crippen LogP contribution in [0.2, 0.25) is 0 Å². The summed E-state index contributed by atoms with van der Waals surface area (Å²) < 4.78 is 11.6. The average Bonchev–Trinajstić information content (AvgIpc) is 2.55. The van der Waals surface area contributed by atoms with E-state index in [0.717, 1.165) is 32.5 Å². The van der Waals surface area contributed by atoms with Gasteiger partial charge in [-0.3, -0.25) is 0 Å². The smallest absolute Gasteiger partial charge is 0.0647 e. The van der Waals surface area contributed by atoms with Crippen LogP contribution in [0.5, 0.6) is 0 Å². The van der Waals surface area contributed by atoms with E-state index in [2.05, 4.69) is 52.2 Å². The first-order valence-electron chi connectivity index (χ1n) is 10.2. The quantitative estimate of drug-likeness (QED) is 0.348. The molecule has 0 aromatic carbocycles. The third-order valence-corrected chi connectivity index (χ3v) is 4.35. The molecule has 0 aliphatic rings. The second-order valence-corrected chi connectivity index (χ2v) is 8.09. The molecule has 0 aromatic rings. The Balaban J connectivity index is 3.61. The molecule has 0 spiro atoms. The zero-order valence-electron chi connectivity index (χ0n) is 17.7. The highest BCUT2D eigenvalue weighted by Crippen LogP contribution is 2.18. The predicted molar refractivity (Wildman–Crippen MR) is 108 cm³/mol. The Morgan fingerprint density at radius 1 is 0.960 bits per heavy atom. The van der Waals surface area contributed by atoms with Gasteiger partial charge in [0.1, 0.15) is 0 Å². The molecule has 5 heteroatoms. The fourth-order valence-electron chi connectivity index (χ4n) is 2.42. The molecular weight excluding hydrogens is 314 g/mol. The van der Waals surface area contributed by atoms with E-state index in [1.807, 2.05) is 0 Å². The van der Waals surface area contributed by atoms with Gasteiger partial charge in [0, 0.05) is 18.7 Å². The standard InChI is InChI=1S/C20H45N3O2/c1-7-18(4)23-12-9-8-11-20(5,6)25-16-19(21)15-24-14-10-13-22-17(2)3/h17-19,22-23H,7-16,21H2,1-6H3. The van der Waals surface area contributed by atoms with Crippen molar-refractivity contribution in [3.8, 4) is 0 Å². The van der Waals surface area contributed by atoms with Crippen LogP contribution in [0.3, 0.4) is 0 Å². The summed E-state index contributed by atoms with van der Waals surface area (Å²) in [6.45, 7) is 17.0. The lowest BCUT2D eigenvalue weighted by Crippen LogP contribution is -2.37. The highest BCUT2D eigenvalue weighted by molar-refractivity contribution is 4.71. The SMILES string of the molecule is CCC(C)NCCCCC(C)(C)OCC(N)COCCCNC(C)C. The van der Waals surface area contributed by atoms with Crippen molar-refractivity contribution in [2.24, 2.45) is 5.73 Å². The van der Waals surface area contributed by atoms with Crippen molar-refractivity contribution in [2.45, 2.75) is 97.4 Å². The lowest BCUT2D eigenvalue weighted by molar-refractivity contribution is -0.0405. The van der Waals surface area contributed by atoms with E-state index >= 15 is 0 Å².